The number of anilines is 2. The first-order chi connectivity index (χ1) is 14.8. The van der Waals surface area contributed by atoms with E-state index in [-0.39, 0.29) is 23.6 Å². The summed E-state index contributed by atoms with van der Waals surface area (Å²) in [6.07, 6.45) is -1.92. The summed E-state index contributed by atoms with van der Waals surface area (Å²) in [4.78, 5) is 24.6. The van der Waals surface area contributed by atoms with Crippen LogP contribution in [0.3, 0.4) is 0 Å². The van der Waals surface area contributed by atoms with E-state index in [4.69, 9.17) is 9.15 Å². The maximum Gasteiger partial charge on any atom is 0.418 e. The number of hydrogen-bond donors (Lipinski definition) is 2. The van der Waals surface area contributed by atoms with Crippen LogP contribution in [0.1, 0.15) is 21.7 Å². The lowest BCUT2D eigenvalue weighted by molar-refractivity contribution is -0.136. The predicted molar refractivity (Wildman–Crippen MR) is 107 cm³/mol. The van der Waals surface area contributed by atoms with Crippen molar-refractivity contribution in [1.29, 1.82) is 0 Å². The van der Waals surface area contributed by atoms with E-state index in [9.17, 15) is 22.8 Å². The average molecular weight is 428 g/mol. The Bertz CT molecular complexity index is 1170. The molecule has 2 amide bonds. The first-order valence-corrected chi connectivity index (χ1v) is 9.11. The highest BCUT2D eigenvalue weighted by atomic mass is 19.4. The molecule has 2 N–H and O–H groups in total. The first-order valence-electron chi connectivity index (χ1n) is 9.11. The molecule has 6 nitrogen and oxygen atoms in total. The molecule has 2 heterocycles. The molecule has 0 atom stereocenters. The van der Waals surface area contributed by atoms with Crippen molar-refractivity contribution < 1.29 is 31.9 Å². The van der Waals surface area contributed by atoms with E-state index in [2.05, 4.69) is 10.6 Å². The van der Waals surface area contributed by atoms with Crippen molar-refractivity contribution in [3.8, 4) is 5.75 Å². The molecule has 0 spiro atoms. The van der Waals surface area contributed by atoms with Crippen LogP contribution in [0.4, 0.5) is 24.5 Å². The second-order valence-corrected chi connectivity index (χ2v) is 6.64. The van der Waals surface area contributed by atoms with Gasteiger partial charge in [0.25, 0.3) is 11.8 Å². The Hall–Kier alpha value is -4.01. The third-order valence-corrected chi connectivity index (χ3v) is 4.50. The number of amides is 2. The van der Waals surface area contributed by atoms with E-state index >= 15 is 0 Å². The summed E-state index contributed by atoms with van der Waals surface area (Å²) in [6, 6.07) is 13.0. The molecule has 4 rings (SSSR count). The van der Waals surface area contributed by atoms with Crippen molar-refractivity contribution >= 4 is 29.3 Å². The highest BCUT2D eigenvalue weighted by Crippen LogP contribution is 2.37. The number of alkyl halides is 3. The molecule has 0 radical (unpaired) electrons. The minimum absolute atomic E-state index is 0.0459. The monoisotopic (exact) mass is 428 g/mol. The van der Waals surface area contributed by atoms with Gasteiger partial charge in [0.05, 0.1) is 23.1 Å². The molecule has 0 bridgehead atoms. The van der Waals surface area contributed by atoms with Crippen LogP contribution >= 0.6 is 0 Å². The quantitative estimate of drug-likeness (QED) is 0.615. The number of halogens is 3. The van der Waals surface area contributed by atoms with Gasteiger partial charge in [0, 0.05) is 11.3 Å². The highest BCUT2D eigenvalue weighted by molar-refractivity contribution is 6.08. The molecule has 158 valence electrons. The number of carbonyl (C=O) groups excluding carboxylic acids is 2. The molecule has 31 heavy (non-hydrogen) atoms. The summed E-state index contributed by atoms with van der Waals surface area (Å²) in [6.45, 7) is -0.0680. The number of nitrogens with one attached hydrogen (secondary N) is 2. The molecular formula is C22H15F3N2O4. The fourth-order valence-electron chi connectivity index (χ4n) is 3.02. The Morgan fingerprint density at radius 1 is 0.935 bits per heavy atom. The molecule has 3 aromatic rings. The van der Waals surface area contributed by atoms with Crippen LogP contribution in [-0.4, -0.2) is 18.4 Å². The van der Waals surface area contributed by atoms with Crippen LogP contribution < -0.4 is 15.4 Å². The van der Waals surface area contributed by atoms with Gasteiger partial charge >= 0.3 is 6.18 Å². The van der Waals surface area contributed by atoms with E-state index < -0.39 is 29.2 Å². The second-order valence-electron chi connectivity index (χ2n) is 6.64. The van der Waals surface area contributed by atoms with Gasteiger partial charge in [-0.05, 0) is 42.5 Å². The molecule has 2 aromatic carbocycles. The van der Waals surface area contributed by atoms with E-state index in [0.717, 1.165) is 12.1 Å². The van der Waals surface area contributed by atoms with Gasteiger partial charge in [-0.15, -0.1) is 0 Å². The van der Waals surface area contributed by atoms with Crippen molar-refractivity contribution in [2.45, 2.75) is 6.18 Å². The van der Waals surface area contributed by atoms with E-state index in [1.807, 2.05) is 0 Å². The molecule has 1 aliphatic heterocycles. The molecule has 0 fully saturated rings. The normalized spacial score (nSPS) is 12.9. The van der Waals surface area contributed by atoms with Crippen molar-refractivity contribution in [3.05, 3.63) is 83.3 Å². The zero-order valence-corrected chi connectivity index (χ0v) is 15.8. The number of furan rings is 1. The third-order valence-electron chi connectivity index (χ3n) is 4.50. The van der Waals surface area contributed by atoms with Gasteiger partial charge in [-0.1, -0.05) is 18.2 Å². The number of ether oxygens (including phenoxy) is 1. The largest absolute Gasteiger partial charge is 0.488 e. The number of carbonyl (C=O) groups is 2. The topological polar surface area (TPSA) is 80.6 Å². The molecule has 1 aliphatic rings. The molecule has 0 saturated heterocycles. The van der Waals surface area contributed by atoms with Crippen molar-refractivity contribution in [2.24, 2.45) is 0 Å². The first kappa shape index (κ1) is 20.3. The van der Waals surface area contributed by atoms with E-state index in [1.165, 1.54) is 24.5 Å². The zero-order chi connectivity index (χ0) is 22.0. The average Bonchev–Trinajstić information content (AvgIpc) is 3.29. The number of rotatable bonds is 4. The molecule has 0 unspecified atom stereocenters. The molecule has 1 aromatic heterocycles. The zero-order valence-electron chi connectivity index (χ0n) is 15.8. The highest BCUT2D eigenvalue weighted by Gasteiger charge is 2.35. The standard InChI is InChI=1S/C22H15F3N2O4/c23-22(24,25)16-11-15(26-21(29)19-6-3-9-30-19)7-8-17(16)27-20(28)14-10-13-4-1-2-5-18(13)31-12-14/h1-11H,12H2,(H,26,29)(H,27,28). The van der Waals surface area contributed by atoms with Crippen LogP contribution in [0, 0.1) is 0 Å². The molecule has 9 heteroatoms. The number of benzene rings is 2. The van der Waals surface area contributed by atoms with Gasteiger partial charge < -0.3 is 19.8 Å². The Morgan fingerprint density at radius 3 is 2.48 bits per heavy atom. The number of hydrogen-bond acceptors (Lipinski definition) is 4. The fourth-order valence-corrected chi connectivity index (χ4v) is 3.02. The third kappa shape index (κ3) is 4.45. The smallest absolute Gasteiger partial charge is 0.418 e. The second kappa shape index (κ2) is 8.02. The Labute approximate surface area is 174 Å². The minimum Gasteiger partial charge on any atom is -0.488 e. The van der Waals surface area contributed by atoms with Crippen molar-refractivity contribution in [1.82, 2.24) is 0 Å². The van der Waals surface area contributed by atoms with Gasteiger partial charge in [-0.3, -0.25) is 9.59 Å². The maximum atomic E-state index is 13.6. The number of fused-ring (bicyclic) bond motifs is 1. The van der Waals surface area contributed by atoms with Gasteiger partial charge in [0.1, 0.15) is 12.4 Å². The lowest BCUT2D eigenvalue weighted by atomic mass is 10.1. The summed E-state index contributed by atoms with van der Waals surface area (Å²) < 4.78 is 51.2. The molecule has 0 saturated carbocycles. The SMILES string of the molecule is O=C(Nc1ccc(NC(=O)c2ccco2)cc1C(F)(F)F)C1=Cc2ccccc2OC1. The van der Waals surface area contributed by atoms with Crippen LogP contribution in [0.25, 0.3) is 6.08 Å². The van der Waals surface area contributed by atoms with Gasteiger partial charge in [0.2, 0.25) is 0 Å². The Kier molecular flexibility index (Phi) is 5.24. The van der Waals surface area contributed by atoms with Gasteiger partial charge in [-0.25, -0.2) is 0 Å². The van der Waals surface area contributed by atoms with Gasteiger partial charge in [0.15, 0.2) is 5.76 Å². The Morgan fingerprint density at radius 2 is 1.74 bits per heavy atom. The summed E-state index contributed by atoms with van der Waals surface area (Å²) in [5.41, 5.74) is -0.794. The fraction of sp³-hybridized carbons (Fsp3) is 0.0909. The van der Waals surface area contributed by atoms with Crippen molar-refractivity contribution in [2.75, 3.05) is 17.2 Å². The van der Waals surface area contributed by atoms with Crippen LogP contribution in [0.2, 0.25) is 0 Å². The van der Waals surface area contributed by atoms with Crippen molar-refractivity contribution in [3.63, 3.8) is 0 Å². The van der Waals surface area contributed by atoms with E-state index in [1.54, 1.807) is 30.3 Å². The molecule has 0 aliphatic carbocycles. The summed E-state index contributed by atoms with van der Waals surface area (Å²) in [5, 5.41) is 4.62. The van der Waals surface area contributed by atoms with Crippen LogP contribution in [-0.2, 0) is 11.0 Å². The Balaban J connectivity index is 1.57. The summed E-state index contributed by atoms with van der Waals surface area (Å²) in [5.74, 6) is -0.868. The lowest BCUT2D eigenvalue weighted by Crippen LogP contribution is -2.23. The van der Waals surface area contributed by atoms with Crippen LogP contribution in [0.15, 0.2) is 70.9 Å². The summed E-state index contributed by atoms with van der Waals surface area (Å²) in [7, 11) is 0. The number of para-hydroxylation sites is 1. The lowest BCUT2D eigenvalue weighted by Gasteiger charge is -2.19. The minimum atomic E-state index is -4.77. The summed E-state index contributed by atoms with van der Waals surface area (Å²) >= 11 is 0. The van der Waals surface area contributed by atoms with Gasteiger partial charge in [-0.2, -0.15) is 13.2 Å². The maximum absolute atomic E-state index is 13.6. The van der Waals surface area contributed by atoms with Crippen LogP contribution in [0.5, 0.6) is 5.75 Å². The molecular weight excluding hydrogens is 413 g/mol. The predicted octanol–water partition coefficient (Wildman–Crippen LogP) is 4.97. The van der Waals surface area contributed by atoms with E-state index in [0.29, 0.717) is 11.3 Å².